The van der Waals surface area contributed by atoms with Gasteiger partial charge in [-0.3, -0.25) is 9.59 Å². The van der Waals surface area contributed by atoms with E-state index in [1.807, 2.05) is 41.5 Å². The highest BCUT2D eigenvalue weighted by Crippen LogP contribution is 2.13. The lowest BCUT2D eigenvalue weighted by Gasteiger charge is -2.12. The van der Waals surface area contributed by atoms with Crippen molar-refractivity contribution in [1.82, 2.24) is 0 Å². The van der Waals surface area contributed by atoms with Crippen molar-refractivity contribution in [3.05, 3.63) is 0 Å². The lowest BCUT2D eigenvalue weighted by Crippen LogP contribution is -2.18. The van der Waals surface area contributed by atoms with E-state index in [1.54, 1.807) is 0 Å². The first-order valence-electron chi connectivity index (χ1n) is 6.64. The van der Waals surface area contributed by atoms with E-state index in [9.17, 15) is 9.59 Å². The molecule has 0 aromatic carbocycles. The maximum absolute atomic E-state index is 10.6. The summed E-state index contributed by atoms with van der Waals surface area (Å²) < 4.78 is 4.71. The van der Waals surface area contributed by atoms with Gasteiger partial charge in [-0.1, -0.05) is 34.6 Å². The van der Waals surface area contributed by atoms with E-state index in [2.05, 4.69) is 0 Å². The number of hydrogen-bond donors (Lipinski definition) is 1. The molecule has 0 radical (unpaired) electrons. The van der Waals surface area contributed by atoms with E-state index in [0.717, 1.165) is 6.42 Å². The molecule has 0 aliphatic heterocycles. The number of carbonyl (C=O) groups is 2. The van der Waals surface area contributed by atoms with Crippen LogP contribution < -0.4 is 0 Å². The van der Waals surface area contributed by atoms with Gasteiger partial charge in [-0.15, -0.1) is 0 Å². The summed E-state index contributed by atoms with van der Waals surface area (Å²) in [6.07, 6.45) is 1.26. The van der Waals surface area contributed by atoms with Gasteiger partial charge in [0.1, 0.15) is 0 Å². The minimum atomic E-state index is -0.674. The van der Waals surface area contributed by atoms with Crippen LogP contribution in [0.15, 0.2) is 0 Å². The molecule has 4 heteroatoms. The molecule has 0 aromatic heterocycles. The summed E-state index contributed by atoms with van der Waals surface area (Å²) in [6, 6.07) is 0. The fraction of sp³-hybridized carbons (Fsp3) is 0.857. The van der Waals surface area contributed by atoms with E-state index in [0.29, 0.717) is 18.9 Å². The van der Waals surface area contributed by atoms with Crippen LogP contribution in [0.2, 0.25) is 0 Å². The van der Waals surface area contributed by atoms with Crippen molar-refractivity contribution in [3.8, 4) is 0 Å². The largest absolute Gasteiger partial charge is 0.481 e. The Labute approximate surface area is 111 Å². The molecule has 0 spiro atoms. The van der Waals surface area contributed by atoms with Crippen LogP contribution in [0.25, 0.3) is 0 Å². The Morgan fingerprint density at radius 1 is 1.11 bits per heavy atom. The Bertz CT molecular complexity index is 232. The molecule has 0 aliphatic carbocycles. The number of carboxylic acids is 1. The zero-order valence-corrected chi connectivity index (χ0v) is 12.5. The van der Waals surface area contributed by atoms with Gasteiger partial charge < -0.3 is 9.84 Å². The van der Waals surface area contributed by atoms with Crippen molar-refractivity contribution in [1.29, 1.82) is 0 Å². The van der Waals surface area contributed by atoms with Gasteiger partial charge in [0.05, 0.1) is 12.5 Å². The van der Waals surface area contributed by atoms with Gasteiger partial charge in [0.15, 0.2) is 0 Å². The maximum Gasteiger partial charge on any atom is 0.306 e. The molecule has 18 heavy (non-hydrogen) atoms. The average molecular weight is 260 g/mol. The van der Waals surface area contributed by atoms with E-state index >= 15 is 0 Å². The normalized spacial score (nSPS) is 11.8. The highest BCUT2D eigenvalue weighted by atomic mass is 16.5. The number of esters is 1. The molecule has 4 nitrogen and oxygen atoms in total. The summed E-state index contributed by atoms with van der Waals surface area (Å²) in [4.78, 5) is 21.0. The predicted octanol–water partition coefficient (Wildman–Crippen LogP) is 3.35. The van der Waals surface area contributed by atoms with E-state index < -0.39 is 5.97 Å². The minimum Gasteiger partial charge on any atom is -0.481 e. The molecule has 0 rings (SSSR count). The fourth-order valence-electron chi connectivity index (χ4n) is 1.48. The van der Waals surface area contributed by atoms with Crippen LogP contribution in [0.1, 0.15) is 54.4 Å². The molecule has 0 fully saturated rings. The summed E-state index contributed by atoms with van der Waals surface area (Å²) in [7, 11) is 0. The fourth-order valence-corrected chi connectivity index (χ4v) is 1.48. The lowest BCUT2D eigenvalue weighted by molar-refractivity contribution is -0.144. The third-order valence-corrected chi connectivity index (χ3v) is 2.44. The Morgan fingerprint density at radius 2 is 1.61 bits per heavy atom. The molecular weight excluding hydrogens is 232 g/mol. The van der Waals surface area contributed by atoms with Crippen LogP contribution >= 0.6 is 0 Å². The summed E-state index contributed by atoms with van der Waals surface area (Å²) in [5.41, 5.74) is 0. The maximum atomic E-state index is 10.6. The van der Waals surface area contributed by atoms with Gasteiger partial charge in [0.25, 0.3) is 0 Å². The molecule has 1 N–H and O–H groups in total. The third-order valence-electron chi connectivity index (χ3n) is 2.44. The molecular formula is C14H28O4. The molecule has 1 atom stereocenters. The van der Waals surface area contributed by atoms with E-state index in [1.165, 1.54) is 0 Å². The van der Waals surface area contributed by atoms with Crippen molar-refractivity contribution in [2.24, 2.45) is 17.8 Å². The first-order valence-corrected chi connectivity index (χ1v) is 6.64. The second-order valence-corrected chi connectivity index (χ2v) is 5.00. The van der Waals surface area contributed by atoms with Crippen LogP contribution in [0.5, 0.6) is 0 Å². The molecule has 0 amide bonds. The van der Waals surface area contributed by atoms with Crippen LogP contribution in [0, 0.1) is 17.8 Å². The van der Waals surface area contributed by atoms with Gasteiger partial charge in [-0.05, 0) is 25.2 Å². The van der Waals surface area contributed by atoms with Gasteiger partial charge in [0.2, 0.25) is 0 Å². The van der Waals surface area contributed by atoms with Gasteiger partial charge in [-0.2, -0.15) is 0 Å². The van der Waals surface area contributed by atoms with Crippen molar-refractivity contribution in [2.75, 3.05) is 6.61 Å². The molecule has 0 aliphatic rings. The molecule has 0 saturated heterocycles. The lowest BCUT2D eigenvalue weighted by atomic mass is 9.94. The monoisotopic (exact) mass is 260 g/mol. The first kappa shape index (κ1) is 19.3. The zero-order chi connectivity index (χ0) is 14.7. The highest BCUT2D eigenvalue weighted by Gasteiger charge is 2.17. The molecule has 0 aromatic rings. The second-order valence-electron chi connectivity index (χ2n) is 5.00. The minimum absolute atomic E-state index is 0.0903. The molecule has 0 saturated carbocycles. The molecule has 0 bridgehead atoms. The Balaban J connectivity index is 0. The van der Waals surface area contributed by atoms with Crippen LogP contribution in [0.4, 0.5) is 0 Å². The standard InChI is InChI=1S/2C7H14O2/c1-4-9-7(8)5-6(2)3;1-4-6(5(2)3)7(8)9/h6H,4-5H2,1-3H3;5-6H,4H2,1-3H3,(H,8,9). The number of rotatable bonds is 6. The van der Waals surface area contributed by atoms with Crippen molar-refractivity contribution in [2.45, 2.75) is 54.4 Å². The Hall–Kier alpha value is -1.06. The SMILES string of the molecule is CCC(C(=O)O)C(C)C.CCOC(=O)CC(C)C. The molecule has 108 valence electrons. The number of carbonyl (C=O) groups excluding carboxylic acids is 1. The number of hydrogen-bond acceptors (Lipinski definition) is 3. The number of carboxylic acid groups (broad SMARTS) is 1. The quantitative estimate of drug-likeness (QED) is 0.744. The highest BCUT2D eigenvalue weighted by molar-refractivity contribution is 5.70. The van der Waals surface area contributed by atoms with Gasteiger partial charge in [-0.25, -0.2) is 0 Å². The topological polar surface area (TPSA) is 63.6 Å². The Kier molecular flexibility index (Phi) is 11.8. The summed E-state index contributed by atoms with van der Waals surface area (Å²) in [5, 5.41) is 8.54. The smallest absolute Gasteiger partial charge is 0.306 e. The summed E-state index contributed by atoms with van der Waals surface area (Å²) in [5.74, 6) is -0.262. The van der Waals surface area contributed by atoms with Crippen molar-refractivity contribution in [3.63, 3.8) is 0 Å². The average Bonchev–Trinajstić information content (AvgIpc) is 2.16. The zero-order valence-electron chi connectivity index (χ0n) is 12.5. The number of aliphatic carboxylic acids is 1. The van der Waals surface area contributed by atoms with Crippen LogP contribution in [0.3, 0.4) is 0 Å². The van der Waals surface area contributed by atoms with Crippen molar-refractivity contribution >= 4 is 11.9 Å². The van der Waals surface area contributed by atoms with E-state index in [-0.39, 0.29) is 17.8 Å². The molecule has 0 heterocycles. The second kappa shape index (κ2) is 11.1. The Morgan fingerprint density at radius 3 is 1.78 bits per heavy atom. The number of ether oxygens (including phenoxy) is 1. The van der Waals surface area contributed by atoms with Crippen LogP contribution in [-0.4, -0.2) is 23.7 Å². The predicted molar refractivity (Wildman–Crippen MR) is 72.3 cm³/mol. The molecule has 1 unspecified atom stereocenters. The van der Waals surface area contributed by atoms with Crippen LogP contribution in [-0.2, 0) is 14.3 Å². The third kappa shape index (κ3) is 11.4. The summed E-state index contributed by atoms with van der Waals surface area (Å²) in [6.45, 7) is 12.1. The van der Waals surface area contributed by atoms with Crippen molar-refractivity contribution < 1.29 is 19.4 Å². The van der Waals surface area contributed by atoms with Gasteiger partial charge >= 0.3 is 11.9 Å². The van der Waals surface area contributed by atoms with Gasteiger partial charge in [0, 0.05) is 6.42 Å². The summed E-state index contributed by atoms with van der Waals surface area (Å²) >= 11 is 0. The first-order chi connectivity index (χ1) is 8.26. The van der Waals surface area contributed by atoms with E-state index in [4.69, 9.17) is 9.84 Å².